The zero-order valence-electron chi connectivity index (χ0n) is 10.8. The average Bonchev–Trinajstić information content (AvgIpc) is 2.47. The zero-order valence-corrected chi connectivity index (χ0v) is 11.6. The molecule has 1 heterocycles. The number of sulfone groups is 1. The highest BCUT2D eigenvalue weighted by Crippen LogP contribution is 2.12. The molecule has 0 spiro atoms. The Balaban J connectivity index is 2.24. The van der Waals surface area contributed by atoms with Gasteiger partial charge in [-0.15, -0.1) is 0 Å². The maximum absolute atomic E-state index is 12.1. The molecule has 0 radical (unpaired) electrons. The Bertz CT molecular complexity index is 874. The molecule has 2 aromatic rings. The van der Waals surface area contributed by atoms with Crippen molar-refractivity contribution in [2.24, 2.45) is 0 Å². The van der Waals surface area contributed by atoms with Crippen LogP contribution in [-0.2, 0) is 16.4 Å². The van der Waals surface area contributed by atoms with Gasteiger partial charge in [-0.2, -0.15) is 5.26 Å². The highest BCUT2D eigenvalue weighted by atomic mass is 32.2. The number of rotatable bonds is 4. The summed E-state index contributed by atoms with van der Waals surface area (Å²) in [6.07, 6.45) is 1.20. The minimum Gasteiger partial charge on any atom is -0.314 e. The number of hydrogen-bond acceptors (Lipinski definition) is 5. The predicted molar refractivity (Wildman–Crippen MR) is 74.5 cm³/mol. The molecule has 108 valence electrons. The number of hydrogen-bond donors (Lipinski definition) is 1. The smallest absolute Gasteiger partial charge is 0.314 e. The topological polar surface area (TPSA) is 113 Å². The third-order valence-electron chi connectivity index (χ3n) is 2.87. The highest BCUT2D eigenvalue weighted by Gasteiger charge is 2.15. The maximum Gasteiger partial charge on any atom is 0.328 e. The number of nitrogens with one attached hydrogen (secondary N) is 1. The standard InChI is InChI=1S/C13H11N3O4S/c14-9-10-1-3-11(4-2-10)21(19,20)8-7-16-12(17)5-6-15-13(16)18/h1-6H,7-8H2,(H,15,18). The van der Waals surface area contributed by atoms with Crippen LogP contribution in [0, 0.1) is 11.3 Å². The molecule has 1 N–H and O–H groups in total. The lowest BCUT2D eigenvalue weighted by molar-refractivity contribution is 0.583. The predicted octanol–water partition coefficient (Wildman–Crippen LogP) is -0.118. The molecule has 2 rings (SSSR count). The van der Waals surface area contributed by atoms with E-state index in [2.05, 4.69) is 4.98 Å². The van der Waals surface area contributed by atoms with Gasteiger partial charge in [0, 0.05) is 18.8 Å². The van der Waals surface area contributed by atoms with Gasteiger partial charge in [0.25, 0.3) is 5.56 Å². The Morgan fingerprint density at radius 2 is 1.81 bits per heavy atom. The summed E-state index contributed by atoms with van der Waals surface area (Å²) in [6, 6.07) is 8.49. The van der Waals surface area contributed by atoms with Gasteiger partial charge < -0.3 is 4.98 Å². The molecule has 0 aliphatic carbocycles. The molecule has 0 saturated heterocycles. The number of nitriles is 1. The summed E-state index contributed by atoms with van der Waals surface area (Å²) in [7, 11) is -3.64. The highest BCUT2D eigenvalue weighted by molar-refractivity contribution is 7.91. The summed E-state index contributed by atoms with van der Waals surface area (Å²) in [5, 5.41) is 8.67. The van der Waals surface area contributed by atoms with Crippen LogP contribution in [0.5, 0.6) is 0 Å². The van der Waals surface area contributed by atoms with Crippen LogP contribution >= 0.6 is 0 Å². The van der Waals surface area contributed by atoms with Crippen molar-refractivity contribution in [1.29, 1.82) is 5.26 Å². The summed E-state index contributed by atoms with van der Waals surface area (Å²) in [4.78, 5) is 25.3. The molecular weight excluding hydrogens is 294 g/mol. The van der Waals surface area contributed by atoms with E-state index in [0.717, 1.165) is 10.6 Å². The third kappa shape index (κ3) is 3.27. The third-order valence-corrected chi connectivity index (χ3v) is 4.58. The molecule has 1 aromatic carbocycles. The van der Waals surface area contributed by atoms with Crippen molar-refractivity contribution in [2.75, 3.05) is 5.75 Å². The Kier molecular flexibility index (Phi) is 4.05. The van der Waals surface area contributed by atoms with Gasteiger partial charge in [-0.25, -0.2) is 13.2 Å². The number of aromatic nitrogens is 2. The first-order valence-corrected chi connectivity index (χ1v) is 7.61. The molecule has 0 atom stereocenters. The fourth-order valence-corrected chi connectivity index (χ4v) is 2.94. The zero-order chi connectivity index (χ0) is 15.5. The van der Waals surface area contributed by atoms with Gasteiger partial charge in [0.1, 0.15) is 0 Å². The molecule has 8 heteroatoms. The van der Waals surface area contributed by atoms with Crippen LogP contribution in [0.3, 0.4) is 0 Å². The molecule has 0 bridgehead atoms. The molecule has 0 saturated carbocycles. The SMILES string of the molecule is N#Cc1ccc(S(=O)(=O)CCn2c(=O)cc[nH]c2=O)cc1. The molecule has 0 aliphatic rings. The van der Waals surface area contributed by atoms with Crippen molar-refractivity contribution < 1.29 is 8.42 Å². The molecule has 0 amide bonds. The Morgan fingerprint density at radius 1 is 1.14 bits per heavy atom. The summed E-state index contributed by atoms with van der Waals surface area (Å²) < 4.78 is 25.1. The monoisotopic (exact) mass is 305 g/mol. The van der Waals surface area contributed by atoms with Crippen molar-refractivity contribution in [2.45, 2.75) is 11.4 Å². The van der Waals surface area contributed by atoms with Crippen LogP contribution in [0.2, 0.25) is 0 Å². The van der Waals surface area contributed by atoms with Gasteiger partial charge >= 0.3 is 5.69 Å². The van der Waals surface area contributed by atoms with Crippen molar-refractivity contribution in [3.63, 3.8) is 0 Å². The van der Waals surface area contributed by atoms with Crippen LogP contribution in [0.15, 0.2) is 51.0 Å². The summed E-state index contributed by atoms with van der Waals surface area (Å²) in [6.45, 7) is -0.239. The molecule has 21 heavy (non-hydrogen) atoms. The lowest BCUT2D eigenvalue weighted by Crippen LogP contribution is -2.35. The Morgan fingerprint density at radius 3 is 2.38 bits per heavy atom. The second kappa shape index (κ2) is 5.76. The number of nitrogens with zero attached hydrogens (tertiary/aromatic N) is 2. The van der Waals surface area contributed by atoms with Crippen molar-refractivity contribution in [1.82, 2.24) is 9.55 Å². The van der Waals surface area contributed by atoms with Gasteiger partial charge in [-0.05, 0) is 24.3 Å². The van der Waals surface area contributed by atoms with E-state index in [1.807, 2.05) is 6.07 Å². The van der Waals surface area contributed by atoms with E-state index in [-0.39, 0.29) is 17.2 Å². The van der Waals surface area contributed by atoms with E-state index in [1.54, 1.807) is 0 Å². The summed E-state index contributed by atoms with van der Waals surface area (Å²) >= 11 is 0. The molecule has 0 aliphatic heterocycles. The average molecular weight is 305 g/mol. The van der Waals surface area contributed by atoms with Crippen molar-refractivity contribution in [3.8, 4) is 6.07 Å². The number of H-pyrrole nitrogens is 1. The Labute approximate surface area is 120 Å². The normalized spacial score (nSPS) is 11.0. The van der Waals surface area contributed by atoms with E-state index in [4.69, 9.17) is 5.26 Å². The van der Waals surface area contributed by atoms with Crippen LogP contribution in [-0.4, -0.2) is 23.7 Å². The van der Waals surface area contributed by atoms with Gasteiger partial charge in [0.05, 0.1) is 22.3 Å². The van der Waals surface area contributed by atoms with E-state index < -0.39 is 21.1 Å². The largest absolute Gasteiger partial charge is 0.328 e. The first-order chi connectivity index (χ1) is 9.94. The van der Waals surface area contributed by atoms with E-state index >= 15 is 0 Å². The lowest BCUT2D eigenvalue weighted by atomic mass is 10.2. The van der Waals surface area contributed by atoms with E-state index in [1.165, 1.54) is 30.5 Å². The molecule has 0 fully saturated rings. The molecule has 0 unspecified atom stereocenters. The van der Waals surface area contributed by atoms with Crippen LogP contribution in [0.25, 0.3) is 0 Å². The molecular formula is C13H11N3O4S. The van der Waals surface area contributed by atoms with Gasteiger partial charge in [-0.1, -0.05) is 0 Å². The Hall–Kier alpha value is -2.66. The molecule has 7 nitrogen and oxygen atoms in total. The van der Waals surface area contributed by atoms with E-state index in [9.17, 15) is 18.0 Å². The summed E-state index contributed by atoms with van der Waals surface area (Å²) in [5.41, 5.74) is -0.865. The van der Waals surface area contributed by atoms with Crippen LogP contribution < -0.4 is 11.2 Å². The fourth-order valence-electron chi connectivity index (χ4n) is 1.73. The quantitative estimate of drug-likeness (QED) is 0.846. The second-order valence-corrected chi connectivity index (χ2v) is 6.34. The lowest BCUT2D eigenvalue weighted by Gasteiger charge is -2.06. The van der Waals surface area contributed by atoms with E-state index in [0.29, 0.717) is 5.56 Å². The minimum absolute atomic E-state index is 0.0434. The van der Waals surface area contributed by atoms with Crippen LogP contribution in [0.4, 0.5) is 0 Å². The first kappa shape index (κ1) is 14.7. The van der Waals surface area contributed by atoms with Gasteiger partial charge in [0.2, 0.25) is 0 Å². The summed E-state index contributed by atoms with van der Waals surface area (Å²) in [5.74, 6) is -0.383. The van der Waals surface area contributed by atoms with Gasteiger partial charge in [0.15, 0.2) is 9.84 Å². The minimum atomic E-state index is -3.64. The number of benzene rings is 1. The van der Waals surface area contributed by atoms with Crippen LogP contribution in [0.1, 0.15) is 5.56 Å². The number of aromatic amines is 1. The fraction of sp³-hybridized carbons (Fsp3) is 0.154. The molecule has 1 aromatic heterocycles. The maximum atomic E-state index is 12.1. The first-order valence-electron chi connectivity index (χ1n) is 5.95. The van der Waals surface area contributed by atoms with Crippen molar-refractivity contribution >= 4 is 9.84 Å². The van der Waals surface area contributed by atoms with Crippen molar-refractivity contribution in [3.05, 3.63) is 62.9 Å². The van der Waals surface area contributed by atoms with Gasteiger partial charge in [-0.3, -0.25) is 9.36 Å². The second-order valence-electron chi connectivity index (χ2n) is 4.23.